The average molecular weight is 127 g/mol. The van der Waals surface area contributed by atoms with Crippen molar-refractivity contribution in [1.29, 1.82) is 0 Å². The van der Waals surface area contributed by atoms with Crippen LogP contribution < -0.4 is 11.1 Å². The maximum atomic E-state index is 5.19. The van der Waals surface area contributed by atoms with Crippen molar-refractivity contribution in [1.82, 2.24) is 4.98 Å². The van der Waals surface area contributed by atoms with Crippen LogP contribution in [0.15, 0.2) is 10.6 Å². The molecule has 0 aliphatic carbocycles. The van der Waals surface area contributed by atoms with Crippen LogP contribution in [0.1, 0.15) is 6.92 Å². The van der Waals surface area contributed by atoms with E-state index in [1.807, 2.05) is 6.92 Å². The Morgan fingerprint density at radius 1 is 1.89 bits per heavy atom. The van der Waals surface area contributed by atoms with Crippen molar-refractivity contribution in [2.45, 2.75) is 6.92 Å². The molecule has 0 radical (unpaired) electrons. The summed E-state index contributed by atoms with van der Waals surface area (Å²) in [6, 6.07) is 0.200. The highest BCUT2D eigenvalue weighted by Crippen LogP contribution is 2.08. The van der Waals surface area contributed by atoms with Gasteiger partial charge in [0, 0.05) is 6.54 Å². The van der Waals surface area contributed by atoms with Crippen molar-refractivity contribution in [3.05, 3.63) is 6.20 Å². The smallest absolute Gasteiger partial charge is 0.293 e. The van der Waals surface area contributed by atoms with Crippen LogP contribution in [0.4, 0.5) is 11.9 Å². The normalized spacial score (nSPS) is 9.44. The van der Waals surface area contributed by atoms with Gasteiger partial charge in [0.25, 0.3) is 6.01 Å². The molecule has 0 saturated heterocycles. The summed E-state index contributed by atoms with van der Waals surface area (Å²) in [6.07, 6.45) is 1.55. The minimum absolute atomic E-state index is 0.200. The molecule has 0 amide bonds. The fraction of sp³-hybridized carbons (Fsp3) is 0.400. The molecule has 0 bridgehead atoms. The first kappa shape index (κ1) is 5.94. The number of nitrogens with zero attached hydrogens (tertiary/aromatic N) is 1. The molecule has 0 fully saturated rings. The summed E-state index contributed by atoms with van der Waals surface area (Å²) in [7, 11) is 0. The Hall–Kier alpha value is -1.19. The predicted molar refractivity (Wildman–Crippen MR) is 35.1 cm³/mol. The van der Waals surface area contributed by atoms with E-state index in [0.29, 0.717) is 5.88 Å². The van der Waals surface area contributed by atoms with Crippen LogP contribution in [0.3, 0.4) is 0 Å². The third-order valence-corrected chi connectivity index (χ3v) is 0.875. The summed E-state index contributed by atoms with van der Waals surface area (Å²) in [4.78, 5) is 3.68. The van der Waals surface area contributed by atoms with Crippen LogP contribution in [0.25, 0.3) is 0 Å². The van der Waals surface area contributed by atoms with Gasteiger partial charge in [0.05, 0.1) is 6.20 Å². The predicted octanol–water partition coefficient (Wildman–Crippen LogP) is 0.689. The molecule has 1 aromatic rings. The summed E-state index contributed by atoms with van der Waals surface area (Å²) in [6.45, 7) is 2.79. The number of nitrogens with one attached hydrogen (secondary N) is 1. The monoisotopic (exact) mass is 127 g/mol. The summed E-state index contributed by atoms with van der Waals surface area (Å²) < 4.78 is 4.88. The molecule has 0 aliphatic rings. The second kappa shape index (κ2) is 2.39. The third kappa shape index (κ3) is 1.35. The number of hydrogen-bond acceptors (Lipinski definition) is 4. The second-order valence-corrected chi connectivity index (χ2v) is 1.59. The van der Waals surface area contributed by atoms with E-state index in [0.717, 1.165) is 6.54 Å². The van der Waals surface area contributed by atoms with Gasteiger partial charge in [0.2, 0.25) is 5.88 Å². The Morgan fingerprint density at radius 3 is 3.11 bits per heavy atom. The molecule has 1 aromatic heterocycles. The number of rotatable bonds is 2. The van der Waals surface area contributed by atoms with Gasteiger partial charge < -0.3 is 15.5 Å². The third-order valence-electron chi connectivity index (χ3n) is 0.875. The highest BCUT2D eigenvalue weighted by atomic mass is 16.4. The topological polar surface area (TPSA) is 64.1 Å². The highest BCUT2D eigenvalue weighted by Gasteiger charge is 1.94. The summed E-state index contributed by atoms with van der Waals surface area (Å²) in [5.74, 6) is 0.620. The number of hydrogen-bond donors (Lipinski definition) is 2. The first-order valence-electron chi connectivity index (χ1n) is 2.78. The van der Waals surface area contributed by atoms with Crippen LogP contribution in [-0.2, 0) is 0 Å². The lowest BCUT2D eigenvalue weighted by Crippen LogP contribution is -1.93. The highest BCUT2D eigenvalue weighted by molar-refractivity contribution is 5.31. The van der Waals surface area contributed by atoms with Crippen molar-refractivity contribution in [2.24, 2.45) is 0 Å². The van der Waals surface area contributed by atoms with Crippen LogP contribution in [0, 0.1) is 0 Å². The quantitative estimate of drug-likeness (QED) is 0.613. The lowest BCUT2D eigenvalue weighted by molar-refractivity contribution is 0.593. The molecule has 3 N–H and O–H groups in total. The van der Waals surface area contributed by atoms with E-state index in [-0.39, 0.29) is 6.01 Å². The van der Waals surface area contributed by atoms with E-state index in [4.69, 9.17) is 10.2 Å². The Bertz CT molecular complexity index is 184. The van der Waals surface area contributed by atoms with E-state index in [1.54, 1.807) is 6.20 Å². The Labute approximate surface area is 53.1 Å². The van der Waals surface area contributed by atoms with Gasteiger partial charge in [-0.2, -0.15) is 0 Å². The Kier molecular flexibility index (Phi) is 1.58. The van der Waals surface area contributed by atoms with Crippen molar-refractivity contribution in [3.63, 3.8) is 0 Å². The Balaban J connectivity index is 2.61. The molecule has 1 heterocycles. The number of anilines is 2. The minimum atomic E-state index is 0.200. The first-order chi connectivity index (χ1) is 4.33. The molecule has 0 saturated carbocycles. The second-order valence-electron chi connectivity index (χ2n) is 1.59. The molecule has 0 spiro atoms. The minimum Gasteiger partial charge on any atom is -0.408 e. The SMILES string of the molecule is CCNc1cnc(N)o1. The molecule has 0 aliphatic heterocycles. The van der Waals surface area contributed by atoms with Gasteiger partial charge in [-0.05, 0) is 6.92 Å². The molecule has 0 unspecified atom stereocenters. The maximum absolute atomic E-state index is 5.19. The molecule has 0 atom stereocenters. The van der Waals surface area contributed by atoms with E-state index < -0.39 is 0 Å². The zero-order chi connectivity index (χ0) is 6.69. The van der Waals surface area contributed by atoms with Gasteiger partial charge in [-0.1, -0.05) is 0 Å². The van der Waals surface area contributed by atoms with Crippen LogP contribution in [-0.4, -0.2) is 11.5 Å². The fourth-order valence-corrected chi connectivity index (χ4v) is 0.544. The molecule has 50 valence electrons. The van der Waals surface area contributed by atoms with Crippen molar-refractivity contribution < 1.29 is 4.42 Å². The molecule has 0 aromatic carbocycles. The summed E-state index contributed by atoms with van der Waals surface area (Å²) >= 11 is 0. The van der Waals surface area contributed by atoms with E-state index in [9.17, 15) is 0 Å². The van der Waals surface area contributed by atoms with Crippen molar-refractivity contribution in [2.75, 3.05) is 17.6 Å². The van der Waals surface area contributed by atoms with Gasteiger partial charge in [-0.3, -0.25) is 0 Å². The van der Waals surface area contributed by atoms with Gasteiger partial charge in [0.1, 0.15) is 0 Å². The molecule has 1 rings (SSSR count). The zero-order valence-corrected chi connectivity index (χ0v) is 5.22. The number of oxazole rings is 1. The number of aromatic nitrogens is 1. The average Bonchev–Trinajstić information content (AvgIpc) is 2.17. The van der Waals surface area contributed by atoms with Crippen molar-refractivity contribution in [3.8, 4) is 0 Å². The van der Waals surface area contributed by atoms with Gasteiger partial charge in [0.15, 0.2) is 0 Å². The molecular formula is C5H9N3O. The van der Waals surface area contributed by atoms with Crippen LogP contribution >= 0.6 is 0 Å². The maximum Gasteiger partial charge on any atom is 0.293 e. The van der Waals surface area contributed by atoms with Crippen LogP contribution in [0.2, 0.25) is 0 Å². The van der Waals surface area contributed by atoms with E-state index >= 15 is 0 Å². The van der Waals surface area contributed by atoms with Crippen LogP contribution in [0.5, 0.6) is 0 Å². The van der Waals surface area contributed by atoms with Gasteiger partial charge in [-0.25, -0.2) is 4.98 Å². The standard InChI is InChI=1S/C5H9N3O/c1-2-7-4-3-8-5(6)9-4/h3,7H,2H2,1H3,(H2,6,8). The Morgan fingerprint density at radius 2 is 2.67 bits per heavy atom. The molecular weight excluding hydrogens is 118 g/mol. The van der Waals surface area contributed by atoms with E-state index in [1.165, 1.54) is 0 Å². The molecule has 9 heavy (non-hydrogen) atoms. The fourth-order valence-electron chi connectivity index (χ4n) is 0.544. The molecule has 4 nitrogen and oxygen atoms in total. The van der Waals surface area contributed by atoms with Gasteiger partial charge >= 0.3 is 0 Å². The summed E-state index contributed by atoms with van der Waals surface area (Å²) in [5.41, 5.74) is 5.19. The largest absolute Gasteiger partial charge is 0.408 e. The number of nitrogen functional groups attached to an aromatic ring is 1. The van der Waals surface area contributed by atoms with Gasteiger partial charge in [-0.15, -0.1) is 0 Å². The first-order valence-corrected chi connectivity index (χ1v) is 2.78. The zero-order valence-electron chi connectivity index (χ0n) is 5.22. The lowest BCUT2D eigenvalue weighted by Gasteiger charge is -1.91. The van der Waals surface area contributed by atoms with E-state index in [2.05, 4.69) is 10.3 Å². The number of nitrogens with two attached hydrogens (primary N) is 1. The lowest BCUT2D eigenvalue weighted by atomic mass is 10.7. The van der Waals surface area contributed by atoms with Crippen molar-refractivity contribution >= 4 is 11.9 Å². The summed E-state index contributed by atoms with van der Waals surface area (Å²) in [5, 5.41) is 2.92. The molecule has 4 heteroatoms.